The first-order valence-corrected chi connectivity index (χ1v) is 9.43. The van der Waals surface area contributed by atoms with Crippen LogP contribution in [-0.4, -0.2) is 33.4 Å². The largest absolute Gasteiger partial charge is 0.468 e. The van der Waals surface area contributed by atoms with Gasteiger partial charge >= 0.3 is 0 Å². The van der Waals surface area contributed by atoms with Crippen molar-refractivity contribution in [2.75, 3.05) is 27.3 Å². The molecule has 5 nitrogen and oxygen atoms in total. The minimum Gasteiger partial charge on any atom is -0.468 e. The summed E-state index contributed by atoms with van der Waals surface area (Å²) in [5.74, 6) is 3.49. The first kappa shape index (κ1) is 18.1. The zero-order valence-electron chi connectivity index (χ0n) is 15.9. The van der Waals surface area contributed by atoms with E-state index in [1.807, 2.05) is 18.2 Å². The van der Waals surface area contributed by atoms with Gasteiger partial charge in [-0.25, -0.2) is 0 Å². The average molecular weight is 370 g/mol. The molecule has 2 aliphatic rings. The van der Waals surface area contributed by atoms with Crippen LogP contribution >= 0.6 is 0 Å². The van der Waals surface area contributed by atoms with Crippen LogP contribution in [0.4, 0.5) is 0 Å². The summed E-state index contributed by atoms with van der Waals surface area (Å²) in [6, 6.07) is 14.5. The molecule has 3 atom stereocenters. The zero-order chi connectivity index (χ0) is 18.6. The van der Waals surface area contributed by atoms with Crippen molar-refractivity contribution in [3.8, 4) is 17.2 Å². The molecule has 1 unspecified atom stereocenters. The minimum atomic E-state index is 0.254. The highest BCUT2D eigenvalue weighted by Crippen LogP contribution is 2.37. The lowest BCUT2D eigenvalue weighted by molar-refractivity contribution is 0.0511. The van der Waals surface area contributed by atoms with Crippen molar-refractivity contribution in [2.24, 2.45) is 11.8 Å². The van der Waals surface area contributed by atoms with Gasteiger partial charge in [0, 0.05) is 7.11 Å². The highest BCUT2D eigenvalue weighted by atomic mass is 16.7. The summed E-state index contributed by atoms with van der Waals surface area (Å²) < 4.78 is 27.3. The lowest BCUT2D eigenvalue weighted by atomic mass is 9.82. The topological polar surface area (TPSA) is 46.2 Å². The van der Waals surface area contributed by atoms with E-state index in [4.69, 9.17) is 23.7 Å². The predicted molar refractivity (Wildman–Crippen MR) is 101 cm³/mol. The monoisotopic (exact) mass is 370 g/mol. The number of methoxy groups -OCH3 is 1. The fourth-order valence-corrected chi connectivity index (χ4v) is 3.94. The fourth-order valence-electron chi connectivity index (χ4n) is 3.94. The Morgan fingerprint density at radius 3 is 2.56 bits per heavy atom. The smallest absolute Gasteiger partial charge is 0.231 e. The number of fused-ring (bicyclic) bond motifs is 1. The molecule has 27 heavy (non-hydrogen) atoms. The first-order valence-electron chi connectivity index (χ1n) is 9.43. The average Bonchev–Trinajstić information content (AvgIpc) is 3.29. The summed E-state index contributed by atoms with van der Waals surface area (Å²) >= 11 is 0. The lowest BCUT2D eigenvalue weighted by Gasteiger charge is -2.21. The Labute approximate surface area is 160 Å². The molecular formula is C22H26O5. The molecule has 0 bridgehead atoms. The Balaban J connectivity index is 1.41. The molecule has 0 N–H and O–H groups in total. The summed E-state index contributed by atoms with van der Waals surface area (Å²) in [4.78, 5) is 0. The van der Waals surface area contributed by atoms with E-state index >= 15 is 0 Å². The van der Waals surface area contributed by atoms with Crippen molar-refractivity contribution < 1.29 is 23.7 Å². The van der Waals surface area contributed by atoms with Crippen LogP contribution in [0.1, 0.15) is 18.1 Å². The molecule has 5 heteroatoms. The third-order valence-electron chi connectivity index (χ3n) is 5.45. The van der Waals surface area contributed by atoms with Gasteiger partial charge in [0.2, 0.25) is 6.79 Å². The second kappa shape index (κ2) is 8.19. The second-order valence-electron chi connectivity index (χ2n) is 7.25. The molecular weight excluding hydrogens is 344 g/mol. The Bertz CT molecular complexity index is 758. The fraction of sp³-hybridized carbons (Fsp3) is 0.455. The SMILES string of the molecule is COCOc1ccc(C[C@H]2COC(C)[C@@H]2Cc2ccc3c(c2)OCO3)cc1. The van der Waals surface area contributed by atoms with E-state index in [0.29, 0.717) is 18.6 Å². The van der Waals surface area contributed by atoms with E-state index < -0.39 is 0 Å². The standard InChI is InChI=1S/C22H26O5/c1-15-20(10-17-5-8-21-22(11-17)27-14-26-21)18(12-24-15)9-16-3-6-19(7-4-16)25-13-23-2/h3-8,11,15,18,20H,9-10,12-14H2,1-2H3/t15?,18-,20-/m0/s1. The third kappa shape index (κ3) is 4.20. The van der Waals surface area contributed by atoms with Gasteiger partial charge in [0.1, 0.15) is 5.75 Å². The Morgan fingerprint density at radius 1 is 0.963 bits per heavy atom. The number of benzene rings is 2. The molecule has 0 spiro atoms. The van der Waals surface area contributed by atoms with E-state index in [-0.39, 0.29) is 12.9 Å². The van der Waals surface area contributed by atoms with Crippen LogP contribution in [0.15, 0.2) is 42.5 Å². The summed E-state index contributed by atoms with van der Waals surface area (Å²) in [5, 5.41) is 0. The number of hydrogen-bond acceptors (Lipinski definition) is 5. The molecule has 0 aromatic heterocycles. The molecule has 1 fully saturated rings. The summed E-state index contributed by atoms with van der Waals surface area (Å²) in [7, 11) is 1.62. The quantitative estimate of drug-likeness (QED) is 0.693. The van der Waals surface area contributed by atoms with Gasteiger partial charge in [0.05, 0.1) is 12.7 Å². The number of hydrogen-bond donors (Lipinski definition) is 0. The van der Waals surface area contributed by atoms with Crippen LogP contribution in [0.3, 0.4) is 0 Å². The maximum Gasteiger partial charge on any atom is 0.231 e. The predicted octanol–water partition coefficient (Wildman–Crippen LogP) is 3.83. The Morgan fingerprint density at radius 2 is 1.74 bits per heavy atom. The first-order chi connectivity index (χ1) is 13.2. The molecule has 2 aromatic carbocycles. The molecule has 2 aromatic rings. The lowest BCUT2D eigenvalue weighted by Crippen LogP contribution is -2.22. The molecule has 0 aliphatic carbocycles. The molecule has 0 amide bonds. The molecule has 1 saturated heterocycles. The van der Waals surface area contributed by atoms with Crippen LogP contribution in [0, 0.1) is 11.8 Å². The van der Waals surface area contributed by atoms with E-state index in [2.05, 4.69) is 31.2 Å². The van der Waals surface area contributed by atoms with E-state index in [9.17, 15) is 0 Å². The van der Waals surface area contributed by atoms with E-state index in [0.717, 1.165) is 36.7 Å². The van der Waals surface area contributed by atoms with Crippen LogP contribution in [-0.2, 0) is 22.3 Å². The van der Waals surface area contributed by atoms with Gasteiger partial charge in [0.15, 0.2) is 18.3 Å². The maximum absolute atomic E-state index is 5.99. The van der Waals surface area contributed by atoms with Gasteiger partial charge in [0.25, 0.3) is 0 Å². The van der Waals surface area contributed by atoms with E-state index in [1.54, 1.807) is 7.11 Å². The zero-order valence-corrected chi connectivity index (χ0v) is 15.9. The van der Waals surface area contributed by atoms with Gasteiger partial charge in [-0.15, -0.1) is 0 Å². The van der Waals surface area contributed by atoms with Crippen LogP contribution in [0.5, 0.6) is 17.2 Å². The second-order valence-corrected chi connectivity index (χ2v) is 7.25. The minimum absolute atomic E-state index is 0.254. The number of ether oxygens (including phenoxy) is 5. The van der Waals surface area contributed by atoms with Gasteiger partial charge < -0.3 is 23.7 Å². The van der Waals surface area contributed by atoms with Crippen LogP contribution in [0.25, 0.3) is 0 Å². The molecule has 0 saturated carbocycles. The molecule has 4 rings (SSSR count). The highest BCUT2D eigenvalue weighted by Gasteiger charge is 2.34. The molecule has 144 valence electrons. The van der Waals surface area contributed by atoms with Crippen molar-refractivity contribution >= 4 is 0 Å². The van der Waals surface area contributed by atoms with Crippen molar-refractivity contribution in [2.45, 2.75) is 25.9 Å². The summed E-state index contributed by atoms with van der Waals surface area (Å²) in [6.07, 6.45) is 2.24. The van der Waals surface area contributed by atoms with Crippen molar-refractivity contribution in [1.29, 1.82) is 0 Å². The van der Waals surface area contributed by atoms with Crippen LogP contribution < -0.4 is 14.2 Å². The summed E-state index contributed by atoms with van der Waals surface area (Å²) in [6.45, 7) is 3.57. The van der Waals surface area contributed by atoms with Gasteiger partial charge in [-0.2, -0.15) is 0 Å². The highest BCUT2D eigenvalue weighted by molar-refractivity contribution is 5.44. The van der Waals surface area contributed by atoms with Crippen molar-refractivity contribution in [1.82, 2.24) is 0 Å². The molecule has 2 heterocycles. The third-order valence-corrected chi connectivity index (χ3v) is 5.45. The van der Waals surface area contributed by atoms with Gasteiger partial charge in [-0.05, 0) is 67.0 Å². The Kier molecular flexibility index (Phi) is 5.50. The van der Waals surface area contributed by atoms with Crippen molar-refractivity contribution in [3.05, 3.63) is 53.6 Å². The molecule has 2 aliphatic heterocycles. The van der Waals surface area contributed by atoms with Crippen LogP contribution in [0.2, 0.25) is 0 Å². The number of rotatable bonds is 7. The van der Waals surface area contributed by atoms with Crippen molar-refractivity contribution in [3.63, 3.8) is 0 Å². The molecule has 0 radical (unpaired) electrons. The maximum atomic E-state index is 5.99. The van der Waals surface area contributed by atoms with E-state index in [1.165, 1.54) is 11.1 Å². The summed E-state index contributed by atoms with van der Waals surface area (Å²) in [5.41, 5.74) is 2.58. The normalized spacial score (nSPS) is 23.6. The Hall–Kier alpha value is -2.24. The van der Waals surface area contributed by atoms with Gasteiger partial charge in [-0.1, -0.05) is 18.2 Å². The van der Waals surface area contributed by atoms with Gasteiger partial charge in [-0.3, -0.25) is 0 Å².